The van der Waals surface area contributed by atoms with E-state index in [1.54, 1.807) is 6.20 Å². The summed E-state index contributed by atoms with van der Waals surface area (Å²) in [7, 11) is 0. The van der Waals surface area contributed by atoms with E-state index in [2.05, 4.69) is 15.0 Å². The monoisotopic (exact) mass is 216 g/mol. The van der Waals surface area contributed by atoms with Gasteiger partial charge in [-0.05, 0) is 19.9 Å². The number of nitrogens with zero attached hydrogens (tertiary/aromatic N) is 4. The fourth-order valence-electron chi connectivity index (χ4n) is 1.21. The van der Waals surface area contributed by atoms with Gasteiger partial charge >= 0.3 is 0 Å². The maximum Gasteiger partial charge on any atom is 0.195 e. The van der Waals surface area contributed by atoms with Gasteiger partial charge < -0.3 is 0 Å². The van der Waals surface area contributed by atoms with E-state index in [1.165, 1.54) is 11.3 Å². The molecular weight excluding hydrogens is 208 g/mol. The molecule has 0 N–H and O–H groups in total. The van der Waals surface area contributed by atoms with Gasteiger partial charge in [0.05, 0.1) is 10.6 Å². The summed E-state index contributed by atoms with van der Waals surface area (Å²) >= 11 is 1.32. The Kier molecular flexibility index (Phi) is 2.44. The van der Waals surface area contributed by atoms with Gasteiger partial charge in [-0.25, -0.2) is 15.0 Å². The Morgan fingerprint density at radius 1 is 1.33 bits per heavy atom. The molecule has 0 aliphatic rings. The van der Waals surface area contributed by atoms with Crippen molar-refractivity contribution in [2.24, 2.45) is 0 Å². The third-order valence-electron chi connectivity index (χ3n) is 1.89. The van der Waals surface area contributed by atoms with E-state index < -0.39 is 0 Å². The summed E-state index contributed by atoms with van der Waals surface area (Å²) in [4.78, 5) is 13.5. The Labute approximate surface area is 91.3 Å². The van der Waals surface area contributed by atoms with Crippen LogP contribution >= 0.6 is 11.3 Å². The average molecular weight is 216 g/mol. The molecule has 15 heavy (non-hydrogen) atoms. The minimum Gasteiger partial charge on any atom is -0.236 e. The van der Waals surface area contributed by atoms with Crippen molar-refractivity contribution in [3.05, 3.63) is 28.7 Å². The van der Waals surface area contributed by atoms with Gasteiger partial charge in [-0.1, -0.05) is 11.3 Å². The molecule has 0 saturated carbocycles. The van der Waals surface area contributed by atoms with Crippen molar-refractivity contribution in [2.75, 3.05) is 0 Å². The number of aromatic nitrogens is 3. The molecule has 4 nitrogen and oxygen atoms in total. The van der Waals surface area contributed by atoms with Crippen LogP contribution in [0.25, 0.3) is 10.7 Å². The van der Waals surface area contributed by atoms with Crippen LogP contribution in [-0.2, 0) is 0 Å². The molecule has 5 heteroatoms. The maximum absolute atomic E-state index is 8.73. The summed E-state index contributed by atoms with van der Waals surface area (Å²) in [5, 5.41) is 9.19. The summed E-state index contributed by atoms with van der Waals surface area (Å²) in [6.07, 6.45) is 1.71. The van der Waals surface area contributed by atoms with Gasteiger partial charge in [0.25, 0.3) is 0 Å². The quantitative estimate of drug-likeness (QED) is 0.732. The number of hydrogen-bond acceptors (Lipinski definition) is 5. The summed E-state index contributed by atoms with van der Waals surface area (Å²) in [6.45, 7) is 3.77. The van der Waals surface area contributed by atoms with Crippen molar-refractivity contribution in [3.63, 3.8) is 0 Å². The van der Waals surface area contributed by atoms with Gasteiger partial charge in [0.1, 0.15) is 6.07 Å². The van der Waals surface area contributed by atoms with Crippen molar-refractivity contribution >= 4 is 11.3 Å². The van der Waals surface area contributed by atoms with Crippen LogP contribution in [0, 0.1) is 25.2 Å². The van der Waals surface area contributed by atoms with Crippen LogP contribution in [0.4, 0.5) is 0 Å². The lowest BCUT2D eigenvalue weighted by Gasteiger charge is -1.97. The van der Waals surface area contributed by atoms with Crippen molar-refractivity contribution in [1.82, 2.24) is 15.0 Å². The average Bonchev–Trinajstić information content (AvgIpc) is 2.60. The number of hydrogen-bond donors (Lipinski definition) is 0. The molecule has 2 rings (SSSR count). The highest BCUT2D eigenvalue weighted by Gasteiger charge is 2.11. The first kappa shape index (κ1) is 9.74. The Bertz CT molecular complexity index is 539. The van der Waals surface area contributed by atoms with E-state index >= 15 is 0 Å². The lowest BCUT2D eigenvalue weighted by molar-refractivity contribution is 1.11. The van der Waals surface area contributed by atoms with Gasteiger partial charge in [0.2, 0.25) is 0 Å². The lowest BCUT2D eigenvalue weighted by Crippen LogP contribution is -1.89. The molecular formula is C10H8N4S. The van der Waals surface area contributed by atoms with Crippen LogP contribution < -0.4 is 0 Å². The molecule has 2 aromatic rings. The molecule has 74 valence electrons. The zero-order valence-electron chi connectivity index (χ0n) is 8.35. The maximum atomic E-state index is 8.73. The number of nitriles is 1. The third-order valence-corrected chi connectivity index (χ3v) is 2.95. The second-order valence-corrected chi connectivity index (χ2v) is 4.07. The Morgan fingerprint density at radius 2 is 2.13 bits per heavy atom. The van der Waals surface area contributed by atoms with Crippen LogP contribution in [-0.4, -0.2) is 15.0 Å². The highest BCUT2D eigenvalue weighted by molar-refractivity contribution is 7.15. The molecule has 2 aromatic heterocycles. The molecule has 0 saturated heterocycles. The van der Waals surface area contributed by atoms with Gasteiger partial charge in [0, 0.05) is 11.9 Å². The molecule has 0 amide bonds. The summed E-state index contributed by atoms with van der Waals surface area (Å²) in [6, 6.07) is 3.86. The summed E-state index contributed by atoms with van der Waals surface area (Å²) in [5.74, 6) is 0.645. The largest absolute Gasteiger partial charge is 0.236 e. The minimum atomic E-state index is 0.451. The van der Waals surface area contributed by atoms with Crippen LogP contribution in [0.3, 0.4) is 0 Å². The van der Waals surface area contributed by atoms with Crippen LogP contribution in [0.2, 0.25) is 0 Å². The molecule has 0 spiro atoms. The van der Waals surface area contributed by atoms with Crippen LogP contribution in [0.1, 0.15) is 16.4 Å². The first-order valence-electron chi connectivity index (χ1n) is 4.38. The van der Waals surface area contributed by atoms with E-state index in [9.17, 15) is 0 Å². The van der Waals surface area contributed by atoms with Crippen molar-refractivity contribution in [3.8, 4) is 16.8 Å². The highest BCUT2D eigenvalue weighted by atomic mass is 32.1. The second kappa shape index (κ2) is 3.75. The molecule has 0 aliphatic heterocycles. The molecule has 2 heterocycles. The molecule has 0 unspecified atom stereocenters. The molecule has 0 fully saturated rings. The molecule has 0 bridgehead atoms. The van der Waals surface area contributed by atoms with E-state index in [0.29, 0.717) is 10.8 Å². The zero-order valence-corrected chi connectivity index (χ0v) is 9.17. The van der Waals surface area contributed by atoms with E-state index in [0.717, 1.165) is 16.3 Å². The Hall–Kier alpha value is -1.80. The van der Waals surface area contributed by atoms with Crippen molar-refractivity contribution < 1.29 is 0 Å². The standard InChI is InChI=1S/C10H8N4S/c1-6-3-4-12-10(13-6)9-7(2)14-8(5-11)15-9/h3-4H,1-2H3. The SMILES string of the molecule is Cc1ccnc(-c2sc(C#N)nc2C)n1. The van der Waals surface area contributed by atoms with E-state index in [4.69, 9.17) is 5.26 Å². The fraction of sp³-hybridized carbons (Fsp3) is 0.200. The number of rotatable bonds is 1. The van der Waals surface area contributed by atoms with E-state index in [1.807, 2.05) is 26.0 Å². The summed E-state index contributed by atoms with van der Waals surface area (Å²) in [5.41, 5.74) is 1.72. The second-order valence-electron chi connectivity index (χ2n) is 3.07. The van der Waals surface area contributed by atoms with Gasteiger partial charge in [-0.15, -0.1) is 0 Å². The third kappa shape index (κ3) is 1.85. The highest BCUT2D eigenvalue weighted by Crippen LogP contribution is 2.26. The Balaban J connectivity index is 2.54. The molecule has 0 atom stereocenters. The van der Waals surface area contributed by atoms with Gasteiger partial charge in [-0.2, -0.15) is 5.26 Å². The molecule has 0 aromatic carbocycles. The normalized spacial score (nSPS) is 9.93. The lowest BCUT2D eigenvalue weighted by atomic mass is 10.3. The number of thiazole rings is 1. The molecule has 0 radical (unpaired) electrons. The number of aryl methyl sites for hydroxylation is 2. The smallest absolute Gasteiger partial charge is 0.195 e. The zero-order chi connectivity index (χ0) is 10.8. The van der Waals surface area contributed by atoms with E-state index in [-0.39, 0.29) is 0 Å². The minimum absolute atomic E-state index is 0.451. The van der Waals surface area contributed by atoms with Gasteiger partial charge in [-0.3, -0.25) is 0 Å². The topological polar surface area (TPSA) is 62.5 Å². The van der Waals surface area contributed by atoms with Gasteiger partial charge in [0.15, 0.2) is 10.8 Å². The van der Waals surface area contributed by atoms with Crippen LogP contribution in [0.5, 0.6) is 0 Å². The fourth-order valence-corrected chi connectivity index (χ4v) is 2.01. The predicted molar refractivity (Wildman–Crippen MR) is 57.3 cm³/mol. The van der Waals surface area contributed by atoms with Crippen LogP contribution in [0.15, 0.2) is 12.3 Å². The Morgan fingerprint density at radius 3 is 2.73 bits per heavy atom. The molecule has 0 aliphatic carbocycles. The summed E-state index contributed by atoms with van der Waals surface area (Å²) < 4.78 is 0. The van der Waals surface area contributed by atoms with Crippen molar-refractivity contribution in [1.29, 1.82) is 5.26 Å². The first-order chi connectivity index (χ1) is 7.20. The predicted octanol–water partition coefficient (Wildman–Crippen LogP) is 2.09. The first-order valence-corrected chi connectivity index (χ1v) is 5.20. The van der Waals surface area contributed by atoms with Crippen molar-refractivity contribution in [2.45, 2.75) is 13.8 Å².